The van der Waals surface area contributed by atoms with E-state index in [0.717, 1.165) is 5.82 Å². The number of rotatable bonds is 7. The maximum atomic E-state index is 10.9. The Balaban J connectivity index is 2.19. The molecule has 0 atom stereocenters. The number of aliphatic hydroxyl groups excluding tert-OH is 1. The zero-order valence-electron chi connectivity index (χ0n) is 11.6. The molecule has 0 amide bonds. The van der Waals surface area contributed by atoms with Gasteiger partial charge in [-0.3, -0.25) is 10.1 Å². The lowest BCUT2D eigenvalue weighted by Crippen LogP contribution is -2.11. The number of imidazole rings is 1. The van der Waals surface area contributed by atoms with Gasteiger partial charge in [0.25, 0.3) is 5.69 Å². The van der Waals surface area contributed by atoms with E-state index < -0.39 is 4.92 Å². The van der Waals surface area contributed by atoms with Crippen LogP contribution in [0.1, 0.15) is 5.82 Å². The minimum absolute atomic E-state index is 0.00638. The summed E-state index contributed by atoms with van der Waals surface area (Å²) in [5.41, 5.74) is 1.30. The lowest BCUT2D eigenvalue weighted by atomic mass is 10.2. The molecule has 21 heavy (non-hydrogen) atoms. The summed E-state index contributed by atoms with van der Waals surface area (Å²) in [5, 5.41) is 25.9. The van der Waals surface area contributed by atoms with Crippen molar-refractivity contribution in [3.8, 4) is 0 Å². The highest BCUT2D eigenvalue weighted by molar-refractivity contribution is 5.71. The van der Waals surface area contributed by atoms with Gasteiger partial charge in [0.2, 0.25) is 0 Å². The standard InChI is InChI=1S/C13H17N5O3/c1-17-6-4-15-13(17)9-16-12-8-10(18(20)21)2-3-11(12)14-5-7-19/h2-4,6,8,14,16,19H,5,7,9H2,1H3. The van der Waals surface area contributed by atoms with Gasteiger partial charge < -0.3 is 20.3 Å². The van der Waals surface area contributed by atoms with Crippen LogP contribution in [0.15, 0.2) is 30.6 Å². The van der Waals surface area contributed by atoms with Gasteiger partial charge in [-0.1, -0.05) is 0 Å². The van der Waals surface area contributed by atoms with E-state index in [2.05, 4.69) is 15.6 Å². The largest absolute Gasteiger partial charge is 0.395 e. The van der Waals surface area contributed by atoms with E-state index in [4.69, 9.17) is 5.11 Å². The van der Waals surface area contributed by atoms with E-state index in [9.17, 15) is 10.1 Å². The summed E-state index contributed by atoms with van der Waals surface area (Å²) < 4.78 is 1.87. The van der Waals surface area contributed by atoms with Crippen LogP contribution in [-0.2, 0) is 13.6 Å². The number of nitrogens with one attached hydrogen (secondary N) is 2. The quantitative estimate of drug-likeness (QED) is 0.525. The van der Waals surface area contributed by atoms with Gasteiger partial charge in [0.05, 0.1) is 29.4 Å². The molecule has 1 aromatic heterocycles. The van der Waals surface area contributed by atoms with Crippen LogP contribution in [0, 0.1) is 10.1 Å². The summed E-state index contributed by atoms with van der Waals surface area (Å²) in [6.45, 7) is 0.795. The highest BCUT2D eigenvalue weighted by atomic mass is 16.6. The van der Waals surface area contributed by atoms with Crippen LogP contribution in [-0.4, -0.2) is 32.7 Å². The normalized spacial score (nSPS) is 10.4. The molecule has 0 radical (unpaired) electrons. The fourth-order valence-corrected chi connectivity index (χ4v) is 1.88. The second kappa shape index (κ2) is 6.71. The van der Waals surface area contributed by atoms with Crippen molar-refractivity contribution in [1.29, 1.82) is 0 Å². The van der Waals surface area contributed by atoms with Crippen LogP contribution in [0.5, 0.6) is 0 Å². The molecule has 8 nitrogen and oxygen atoms in total. The highest BCUT2D eigenvalue weighted by Gasteiger charge is 2.11. The van der Waals surface area contributed by atoms with Crippen molar-refractivity contribution in [1.82, 2.24) is 9.55 Å². The van der Waals surface area contributed by atoms with Crippen molar-refractivity contribution in [2.75, 3.05) is 23.8 Å². The zero-order chi connectivity index (χ0) is 15.2. The second-order valence-electron chi connectivity index (χ2n) is 4.45. The van der Waals surface area contributed by atoms with Gasteiger partial charge in [-0.05, 0) is 6.07 Å². The topological polar surface area (TPSA) is 105 Å². The average Bonchev–Trinajstić information content (AvgIpc) is 2.88. The lowest BCUT2D eigenvalue weighted by Gasteiger charge is -2.13. The number of nitrogens with zero attached hydrogens (tertiary/aromatic N) is 3. The first-order chi connectivity index (χ1) is 10.1. The van der Waals surface area contributed by atoms with Crippen molar-refractivity contribution >= 4 is 17.1 Å². The molecule has 3 N–H and O–H groups in total. The minimum atomic E-state index is -0.443. The maximum Gasteiger partial charge on any atom is 0.271 e. The van der Waals surface area contributed by atoms with Crippen molar-refractivity contribution in [3.05, 3.63) is 46.5 Å². The fourth-order valence-electron chi connectivity index (χ4n) is 1.88. The lowest BCUT2D eigenvalue weighted by molar-refractivity contribution is -0.384. The van der Waals surface area contributed by atoms with Gasteiger partial charge in [0.15, 0.2) is 0 Å². The van der Waals surface area contributed by atoms with E-state index in [0.29, 0.717) is 24.5 Å². The highest BCUT2D eigenvalue weighted by Crippen LogP contribution is 2.27. The Morgan fingerprint density at radius 2 is 2.19 bits per heavy atom. The smallest absolute Gasteiger partial charge is 0.271 e. The van der Waals surface area contributed by atoms with Crippen LogP contribution < -0.4 is 10.6 Å². The molecule has 2 rings (SSSR count). The number of aliphatic hydroxyl groups is 1. The van der Waals surface area contributed by atoms with E-state index in [1.54, 1.807) is 12.3 Å². The number of hydrogen-bond acceptors (Lipinski definition) is 6. The Labute approximate surface area is 121 Å². The van der Waals surface area contributed by atoms with Gasteiger partial charge in [-0.15, -0.1) is 0 Å². The molecule has 0 spiro atoms. The number of non-ortho nitro benzene ring substituents is 1. The zero-order valence-corrected chi connectivity index (χ0v) is 11.6. The molecule has 0 aliphatic heterocycles. The number of aryl methyl sites for hydroxylation is 1. The molecule has 1 heterocycles. The number of anilines is 2. The van der Waals surface area contributed by atoms with E-state index in [1.165, 1.54) is 12.1 Å². The molecule has 0 saturated heterocycles. The third-order valence-corrected chi connectivity index (χ3v) is 3.00. The maximum absolute atomic E-state index is 10.9. The summed E-state index contributed by atoms with van der Waals surface area (Å²) in [4.78, 5) is 14.6. The number of nitro groups is 1. The minimum Gasteiger partial charge on any atom is -0.395 e. The molecule has 0 saturated carbocycles. The molecule has 0 unspecified atom stereocenters. The number of benzene rings is 1. The first-order valence-electron chi connectivity index (χ1n) is 6.45. The van der Waals surface area contributed by atoms with Crippen LogP contribution in [0.3, 0.4) is 0 Å². The van der Waals surface area contributed by atoms with Crippen LogP contribution >= 0.6 is 0 Å². The van der Waals surface area contributed by atoms with Crippen LogP contribution in [0.2, 0.25) is 0 Å². The second-order valence-corrected chi connectivity index (χ2v) is 4.45. The van der Waals surface area contributed by atoms with Crippen molar-refractivity contribution in [3.63, 3.8) is 0 Å². The fraction of sp³-hybridized carbons (Fsp3) is 0.308. The Bertz CT molecular complexity index is 626. The third-order valence-electron chi connectivity index (χ3n) is 3.00. The predicted octanol–water partition coefficient (Wildman–Crippen LogP) is 1.34. The first-order valence-corrected chi connectivity index (χ1v) is 6.45. The van der Waals surface area contributed by atoms with Crippen molar-refractivity contribution < 1.29 is 10.0 Å². The molecule has 0 fully saturated rings. The molecule has 0 bridgehead atoms. The predicted molar refractivity (Wildman–Crippen MR) is 79.2 cm³/mol. The molecule has 8 heteroatoms. The van der Waals surface area contributed by atoms with Gasteiger partial charge >= 0.3 is 0 Å². The van der Waals surface area contributed by atoms with Crippen molar-refractivity contribution in [2.24, 2.45) is 7.05 Å². The van der Waals surface area contributed by atoms with E-state index in [-0.39, 0.29) is 12.3 Å². The Kier molecular flexibility index (Phi) is 4.72. The molecule has 0 aliphatic carbocycles. The Morgan fingerprint density at radius 1 is 1.38 bits per heavy atom. The van der Waals surface area contributed by atoms with Gasteiger partial charge in [0.1, 0.15) is 5.82 Å². The summed E-state index contributed by atoms with van der Waals surface area (Å²) in [7, 11) is 1.88. The summed E-state index contributed by atoms with van der Waals surface area (Å²) in [6.07, 6.45) is 3.52. The molecule has 0 aliphatic rings. The van der Waals surface area contributed by atoms with Gasteiger partial charge in [0, 0.05) is 38.1 Å². The van der Waals surface area contributed by atoms with E-state index in [1.807, 2.05) is 17.8 Å². The monoisotopic (exact) mass is 291 g/mol. The third kappa shape index (κ3) is 3.69. The number of hydrogen-bond donors (Lipinski definition) is 3. The van der Waals surface area contributed by atoms with Crippen LogP contribution in [0.4, 0.5) is 17.1 Å². The van der Waals surface area contributed by atoms with Gasteiger partial charge in [-0.2, -0.15) is 0 Å². The van der Waals surface area contributed by atoms with Gasteiger partial charge in [-0.25, -0.2) is 4.98 Å². The van der Waals surface area contributed by atoms with E-state index >= 15 is 0 Å². The molecular formula is C13H17N5O3. The number of aromatic nitrogens is 2. The number of nitro benzene ring substituents is 1. The summed E-state index contributed by atoms with van der Waals surface area (Å²) >= 11 is 0. The SMILES string of the molecule is Cn1ccnc1CNc1cc([N+](=O)[O-])ccc1NCCO. The molecule has 112 valence electrons. The molecular weight excluding hydrogens is 274 g/mol. The molecule has 2 aromatic rings. The Hall–Kier alpha value is -2.61. The van der Waals surface area contributed by atoms with Crippen LogP contribution in [0.25, 0.3) is 0 Å². The summed E-state index contributed by atoms with van der Waals surface area (Å²) in [6, 6.07) is 4.50. The molecule has 1 aromatic carbocycles. The van der Waals surface area contributed by atoms with Crippen molar-refractivity contribution in [2.45, 2.75) is 6.54 Å². The average molecular weight is 291 g/mol. The first kappa shape index (κ1) is 14.8. The summed E-state index contributed by atoms with van der Waals surface area (Å²) in [5.74, 6) is 0.814. The Morgan fingerprint density at radius 3 is 2.81 bits per heavy atom.